The van der Waals surface area contributed by atoms with E-state index in [2.05, 4.69) is 10.3 Å². The number of carbonyl (C=O) groups is 1. The Morgan fingerprint density at radius 1 is 1.12 bits per heavy atom. The highest BCUT2D eigenvalue weighted by molar-refractivity contribution is 6.05. The Balaban J connectivity index is 2.38. The Labute approximate surface area is 151 Å². The first kappa shape index (κ1) is 19.2. The molecule has 1 heterocycles. The maximum atomic E-state index is 12.3. The number of nitrogens with zero attached hydrogens (tertiary/aromatic N) is 2. The third kappa shape index (κ3) is 4.92. The lowest BCUT2D eigenvalue weighted by Crippen LogP contribution is -2.14. The second-order valence-electron chi connectivity index (χ2n) is 5.46. The molecule has 1 N–H and O–H groups in total. The van der Waals surface area contributed by atoms with Gasteiger partial charge in [-0.15, -0.1) is 0 Å². The largest absolute Gasteiger partial charge is 0.490 e. The van der Waals surface area contributed by atoms with Crippen molar-refractivity contribution in [3.63, 3.8) is 0 Å². The monoisotopic (exact) mass is 359 g/mol. The summed E-state index contributed by atoms with van der Waals surface area (Å²) in [4.78, 5) is 27.1. The number of nitro benzene ring substituents is 1. The molecule has 1 aromatic heterocycles. The minimum atomic E-state index is -0.565. The summed E-state index contributed by atoms with van der Waals surface area (Å²) < 4.78 is 11.2. The molecule has 0 fully saturated rings. The Kier molecular flexibility index (Phi) is 6.90. The molecule has 0 bridgehead atoms. The molecule has 0 aliphatic heterocycles. The van der Waals surface area contributed by atoms with E-state index in [1.165, 1.54) is 36.7 Å². The average molecular weight is 359 g/mol. The minimum absolute atomic E-state index is 0.0479. The minimum Gasteiger partial charge on any atom is -0.490 e. The van der Waals surface area contributed by atoms with Crippen LogP contribution in [0.15, 0.2) is 36.7 Å². The molecule has 0 aliphatic rings. The summed E-state index contributed by atoms with van der Waals surface area (Å²) in [7, 11) is 0. The van der Waals surface area contributed by atoms with Gasteiger partial charge in [-0.3, -0.25) is 19.9 Å². The molecular formula is C18H21N3O5. The smallest absolute Gasteiger partial charge is 0.296 e. The highest BCUT2D eigenvalue weighted by Gasteiger charge is 2.22. The van der Waals surface area contributed by atoms with E-state index in [1.807, 2.05) is 13.8 Å². The molecule has 1 amide bonds. The van der Waals surface area contributed by atoms with Gasteiger partial charge in [0.1, 0.15) is 5.69 Å². The number of hydrogen-bond donors (Lipinski definition) is 1. The summed E-state index contributed by atoms with van der Waals surface area (Å²) in [5.41, 5.74) is 0.130. The third-order valence-corrected chi connectivity index (χ3v) is 3.37. The van der Waals surface area contributed by atoms with Crippen LogP contribution >= 0.6 is 0 Å². The summed E-state index contributed by atoms with van der Waals surface area (Å²) in [6.45, 7) is 4.72. The Hall–Kier alpha value is -3.16. The number of nitrogens with one attached hydrogen (secondary N) is 1. The summed E-state index contributed by atoms with van der Waals surface area (Å²) in [6.07, 6.45) is 4.46. The maximum absolute atomic E-state index is 12.3. The van der Waals surface area contributed by atoms with Crippen molar-refractivity contribution < 1.29 is 19.2 Å². The van der Waals surface area contributed by atoms with Gasteiger partial charge in [0, 0.05) is 24.0 Å². The van der Waals surface area contributed by atoms with Gasteiger partial charge in [0.15, 0.2) is 11.5 Å². The second-order valence-corrected chi connectivity index (χ2v) is 5.46. The number of nitro groups is 1. The molecule has 0 aliphatic carbocycles. The number of hydrogen-bond acceptors (Lipinski definition) is 6. The van der Waals surface area contributed by atoms with Gasteiger partial charge in [0.2, 0.25) is 0 Å². The number of anilines is 1. The van der Waals surface area contributed by atoms with Gasteiger partial charge in [0.25, 0.3) is 11.6 Å². The fourth-order valence-electron chi connectivity index (χ4n) is 2.15. The highest BCUT2D eigenvalue weighted by atomic mass is 16.6. The van der Waals surface area contributed by atoms with E-state index in [9.17, 15) is 14.9 Å². The van der Waals surface area contributed by atoms with Gasteiger partial charge in [-0.2, -0.15) is 0 Å². The zero-order valence-corrected chi connectivity index (χ0v) is 14.7. The van der Waals surface area contributed by atoms with Crippen LogP contribution in [0.2, 0.25) is 0 Å². The van der Waals surface area contributed by atoms with E-state index in [0.29, 0.717) is 24.5 Å². The van der Waals surface area contributed by atoms with E-state index >= 15 is 0 Å². The SMILES string of the molecule is CCCOc1cc(NC(=O)c2ccncc2)c([N+](=O)[O-])cc1OCCC. The predicted octanol–water partition coefficient (Wildman–Crippen LogP) is 3.82. The molecular weight excluding hydrogens is 338 g/mol. The van der Waals surface area contributed by atoms with Crippen molar-refractivity contribution >= 4 is 17.3 Å². The van der Waals surface area contributed by atoms with E-state index in [1.54, 1.807) is 0 Å². The topological polar surface area (TPSA) is 104 Å². The number of benzene rings is 1. The van der Waals surface area contributed by atoms with Gasteiger partial charge in [-0.25, -0.2) is 0 Å². The molecule has 0 atom stereocenters. The Morgan fingerprint density at radius 3 is 2.23 bits per heavy atom. The number of pyridine rings is 1. The third-order valence-electron chi connectivity index (χ3n) is 3.37. The lowest BCUT2D eigenvalue weighted by atomic mass is 10.2. The van der Waals surface area contributed by atoms with E-state index in [4.69, 9.17) is 9.47 Å². The Morgan fingerprint density at radius 2 is 1.69 bits per heavy atom. The first-order valence-electron chi connectivity index (χ1n) is 8.36. The first-order valence-corrected chi connectivity index (χ1v) is 8.36. The van der Waals surface area contributed by atoms with Crippen molar-refractivity contribution in [3.8, 4) is 11.5 Å². The van der Waals surface area contributed by atoms with Crippen molar-refractivity contribution in [1.29, 1.82) is 0 Å². The molecule has 0 unspecified atom stereocenters. The Bertz CT molecular complexity index is 765. The van der Waals surface area contributed by atoms with Gasteiger partial charge < -0.3 is 14.8 Å². The lowest BCUT2D eigenvalue weighted by molar-refractivity contribution is -0.384. The van der Waals surface area contributed by atoms with Crippen LogP contribution in [-0.2, 0) is 0 Å². The van der Waals surface area contributed by atoms with Gasteiger partial charge in [0.05, 0.1) is 24.2 Å². The zero-order valence-electron chi connectivity index (χ0n) is 14.7. The molecule has 0 saturated carbocycles. The summed E-state index contributed by atoms with van der Waals surface area (Å²) in [5.74, 6) is 0.170. The lowest BCUT2D eigenvalue weighted by Gasteiger charge is -2.14. The van der Waals surface area contributed by atoms with Crippen LogP contribution < -0.4 is 14.8 Å². The molecule has 1 aromatic carbocycles. The number of rotatable bonds is 9. The van der Waals surface area contributed by atoms with E-state index < -0.39 is 10.8 Å². The fraction of sp³-hybridized carbons (Fsp3) is 0.333. The normalized spacial score (nSPS) is 10.2. The van der Waals surface area contributed by atoms with Crippen LogP contribution in [0.5, 0.6) is 11.5 Å². The van der Waals surface area contributed by atoms with Crippen LogP contribution in [0, 0.1) is 10.1 Å². The molecule has 0 spiro atoms. The van der Waals surface area contributed by atoms with Crippen molar-refractivity contribution in [2.24, 2.45) is 0 Å². The molecule has 0 radical (unpaired) electrons. The first-order chi connectivity index (χ1) is 12.6. The predicted molar refractivity (Wildman–Crippen MR) is 96.9 cm³/mol. The van der Waals surface area contributed by atoms with Crippen LogP contribution in [-0.4, -0.2) is 29.0 Å². The molecule has 2 aromatic rings. The highest BCUT2D eigenvalue weighted by Crippen LogP contribution is 2.38. The van der Waals surface area contributed by atoms with Gasteiger partial charge >= 0.3 is 0 Å². The molecule has 0 saturated heterocycles. The molecule has 2 rings (SSSR count). The van der Waals surface area contributed by atoms with E-state index in [-0.39, 0.29) is 17.1 Å². The standard InChI is InChI=1S/C18H21N3O5/c1-3-9-25-16-11-14(20-18(22)13-5-7-19-8-6-13)15(21(23)24)12-17(16)26-10-4-2/h5-8,11-12H,3-4,9-10H2,1-2H3,(H,20,22). The molecule has 138 valence electrons. The average Bonchev–Trinajstić information content (AvgIpc) is 2.65. The second kappa shape index (κ2) is 9.36. The summed E-state index contributed by atoms with van der Waals surface area (Å²) >= 11 is 0. The summed E-state index contributed by atoms with van der Waals surface area (Å²) in [6, 6.07) is 5.75. The van der Waals surface area contributed by atoms with Crippen molar-refractivity contribution in [2.45, 2.75) is 26.7 Å². The molecule has 8 nitrogen and oxygen atoms in total. The van der Waals surface area contributed by atoms with Crippen molar-refractivity contribution in [2.75, 3.05) is 18.5 Å². The van der Waals surface area contributed by atoms with Crippen LogP contribution in [0.25, 0.3) is 0 Å². The number of amides is 1. The van der Waals surface area contributed by atoms with Crippen molar-refractivity contribution in [1.82, 2.24) is 4.98 Å². The van der Waals surface area contributed by atoms with Crippen LogP contribution in [0.4, 0.5) is 11.4 Å². The van der Waals surface area contributed by atoms with Crippen LogP contribution in [0.3, 0.4) is 0 Å². The van der Waals surface area contributed by atoms with E-state index in [0.717, 1.165) is 12.8 Å². The maximum Gasteiger partial charge on any atom is 0.296 e. The molecule has 8 heteroatoms. The van der Waals surface area contributed by atoms with Gasteiger partial charge in [-0.1, -0.05) is 13.8 Å². The fourth-order valence-corrected chi connectivity index (χ4v) is 2.15. The molecule has 26 heavy (non-hydrogen) atoms. The van der Waals surface area contributed by atoms with Crippen LogP contribution in [0.1, 0.15) is 37.0 Å². The number of carbonyl (C=O) groups excluding carboxylic acids is 1. The number of ether oxygens (including phenoxy) is 2. The zero-order chi connectivity index (χ0) is 18.9. The quantitative estimate of drug-likeness (QED) is 0.539. The number of aromatic nitrogens is 1. The summed E-state index contributed by atoms with van der Waals surface area (Å²) in [5, 5.41) is 14.0. The van der Waals surface area contributed by atoms with Gasteiger partial charge in [-0.05, 0) is 25.0 Å². The van der Waals surface area contributed by atoms with Crippen molar-refractivity contribution in [3.05, 3.63) is 52.3 Å².